The van der Waals surface area contributed by atoms with Crippen LogP contribution in [0.2, 0.25) is 5.02 Å². The Morgan fingerprint density at radius 1 is 1.29 bits per heavy atom. The first-order chi connectivity index (χ1) is 11.6. The van der Waals surface area contributed by atoms with Gasteiger partial charge < -0.3 is 5.32 Å². The van der Waals surface area contributed by atoms with Crippen LogP contribution in [-0.2, 0) is 0 Å². The Hall–Kier alpha value is -2.33. The molecular weight excluding hydrogens is 324 g/mol. The van der Waals surface area contributed by atoms with Crippen molar-refractivity contribution in [1.82, 2.24) is 0 Å². The highest BCUT2D eigenvalue weighted by molar-refractivity contribution is 6.30. The summed E-state index contributed by atoms with van der Waals surface area (Å²) in [6, 6.07) is 11.4. The van der Waals surface area contributed by atoms with E-state index in [-0.39, 0.29) is 28.5 Å². The molecule has 1 N–H and O–H groups in total. The first-order valence-electron chi connectivity index (χ1n) is 8.03. The van der Waals surface area contributed by atoms with Gasteiger partial charge in [0.15, 0.2) is 0 Å². The van der Waals surface area contributed by atoms with Gasteiger partial charge in [-0.1, -0.05) is 42.0 Å². The topological polar surface area (TPSA) is 55.2 Å². The molecule has 1 aliphatic heterocycles. The summed E-state index contributed by atoms with van der Waals surface area (Å²) in [5.41, 5.74) is 4.06. The highest BCUT2D eigenvalue weighted by Crippen LogP contribution is 2.53. The molecule has 4 rings (SSSR count). The van der Waals surface area contributed by atoms with Crippen LogP contribution in [0.4, 0.5) is 11.4 Å². The van der Waals surface area contributed by atoms with Crippen molar-refractivity contribution in [3.8, 4) is 0 Å². The van der Waals surface area contributed by atoms with E-state index in [4.69, 9.17) is 11.6 Å². The monoisotopic (exact) mass is 340 g/mol. The van der Waals surface area contributed by atoms with Crippen molar-refractivity contribution >= 4 is 23.0 Å². The van der Waals surface area contributed by atoms with E-state index in [2.05, 4.69) is 23.5 Å². The molecule has 0 saturated heterocycles. The average molecular weight is 341 g/mol. The van der Waals surface area contributed by atoms with Crippen molar-refractivity contribution in [3.63, 3.8) is 0 Å². The Morgan fingerprint density at radius 3 is 2.88 bits per heavy atom. The molecule has 5 heteroatoms. The summed E-state index contributed by atoms with van der Waals surface area (Å²) in [6.45, 7) is 1.99. The molecule has 0 amide bonds. The highest BCUT2D eigenvalue weighted by Gasteiger charge is 2.42. The maximum Gasteiger partial charge on any atom is 0.275 e. The molecule has 0 bridgehead atoms. The smallest absolute Gasteiger partial charge is 0.275 e. The number of allylic oxidation sites excluding steroid dienone is 2. The second-order valence-electron chi connectivity index (χ2n) is 6.48. The van der Waals surface area contributed by atoms with E-state index >= 15 is 0 Å². The Kier molecular flexibility index (Phi) is 3.57. The largest absolute Gasteiger partial charge is 0.377 e. The van der Waals surface area contributed by atoms with Crippen LogP contribution < -0.4 is 5.32 Å². The van der Waals surface area contributed by atoms with Gasteiger partial charge in [0.2, 0.25) is 0 Å². The minimum Gasteiger partial charge on any atom is -0.377 e. The number of hydrogen-bond donors (Lipinski definition) is 1. The number of aryl methyl sites for hydroxylation is 1. The predicted molar refractivity (Wildman–Crippen MR) is 95.6 cm³/mol. The number of nitrogens with zero attached hydrogens (tertiary/aromatic N) is 1. The van der Waals surface area contributed by atoms with Crippen LogP contribution in [-0.4, -0.2) is 4.92 Å². The molecule has 0 aromatic heterocycles. The zero-order valence-corrected chi connectivity index (χ0v) is 14.0. The first kappa shape index (κ1) is 15.2. The Labute approximate surface area is 145 Å². The maximum absolute atomic E-state index is 11.5. The third-order valence-electron chi connectivity index (χ3n) is 5.11. The summed E-state index contributed by atoms with van der Waals surface area (Å²) >= 11 is 6.17. The lowest BCUT2D eigenvalue weighted by atomic mass is 9.75. The fraction of sp³-hybridized carbons (Fsp3) is 0.263. The molecule has 24 heavy (non-hydrogen) atoms. The van der Waals surface area contributed by atoms with Gasteiger partial charge in [-0.25, -0.2) is 0 Å². The highest BCUT2D eigenvalue weighted by atomic mass is 35.5. The van der Waals surface area contributed by atoms with Crippen molar-refractivity contribution in [2.45, 2.75) is 25.3 Å². The maximum atomic E-state index is 11.5. The van der Waals surface area contributed by atoms with Crippen LogP contribution >= 0.6 is 11.6 Å². The Bertz CT molecular complexity index is 862. The molecule has 2 aliphatic rings. The molecule has 4 nitrogen and oxygen atoms in total. The van der Waals surface area contributed by atoms with Crippen molar-refractivity contribution < 1.29 is 4.92 Å². The SMILES string of the molecule is Cc1ccc([N+](=O)[O-])c2c1NC(c1cccc(Cl)c1)[C@H]1CC=C[C@@H]21. The summed E-state index contributed by atoms with van der Waals surface area (Å²) in [5, 5.41) is 15.8. The van der Waals surface area contributed by atoms with Gasteiger partial charge in [-0.15, -0.1) is 0 Å². The fourth-order valence-electron chi connectivity index (χ4n) is 4.02. The van der Waals surface area contributed by atoms with E-state index < -0.39 is 0 Å². The normalized spacial score (nSPS) is 24.2. The molecule has 0 fully saturated rings. The van der Waals surface area contributed by atoms with Gasteiger partial charge in [0.1, 0.15) is 0 Å². The number of nitro groups is 1. The summed E-state index contributed by atoms with van der Waals surface area (Å²) in [6.07, 6.45) is 5.16. The molecule has 2 aromatic carbocycles. The van der Waals surface area contributed by atoms with E-state index in [0.29, 0.717) is 5.02 Å². The standard InChI is InChI=1S/C19H17ClN2O2/c1-11-8-9-16(22(23)24)17-14-6-3-7-15(14)19(21-18(11)17)12-4-2-5-13(20)10-12/h2-6,8-10,14-15,19,21H,7H2,1H3/t14-,15+,19?/m1/s1. The summed E-state index contributed by atoms with van der Waals surface area (Å²) in [4.78, 5) is 11.2. The Morgan fingerprint density at radius 2 is 2.12 bits per heavy atom. The number of benzene rings is 2. The lowest BCUT2D eigenvalue weighted by Gasteiger charge is -2.38. The predicted octanol–water partition coefficient (Wildman–Crippen LogP) is 5.38. The van der Waals surface area contributed by atoms with Gasteiger partial charge in [0, 0.05) is 22.7 Å². The Balaban J connectivity index is 1.88. The quantitative estimate of drug-likeness (QED) is 0.453. The number of rotatable bonds is 2. The van der Waals surface area contributed by atoms with Gasteiger partial charge in [-0.2, -0.15) is 0 Å². The lowest BCUT2D eigenvalue weighted by molar-refractivity contribution is -0.385. The number of hydrogen-bond acceptors (Lipinski definition) is 3. The third kappa shape index (κ3) is 2.29. The van der Waals surface area contributed by atoms with E-state index in [0.717, 1.165) is 28.8 Å². The van der Waals surface area contributed by atoms with Crippen LogP contribution in [0.3, 0.4) is 0 Å². The van der Waals surface area contributed by atoms with E-state index in [9.17, 15) is 10.1 Å². The summed E-state index contributed by atoms with van der Waals surface area (Å²) in [5.74, 6) is 0.321. The van der Waals surface area contributed by atoms with Crippen molar-refractivity contribution in [2.24, 2.45) is 5.92 Å². The zero-order chi connectivity index (χ0) is 16.8. The van der Waals surface area contributed by atoms with E-state index in [1.54, 1.807) is 6.07 Å². The van der Waals surface area contributed by atoms with Crippen LogP contribution in [0.25, 0.3) is 0 Å². The number of halogens is 1. The van der Waals surface area contributed by atoms with Crippen LogP contribution in [0.1, 0.15) is 35.1 Å². The van der Waals surface area contributed by atoms with E-state index in [1.165, 1.54) is 0 Å². The number of anilines is 1. The van der Waals surface area contributed by atoms with Gasteiger partial charge >= 0.3 is 0 Å². The summed E-state index contributed by atoms with van der Waals surface area (Å²) in [7, 11) is 0. The van der Waals surface area contributed by atoms with Gasteiger partial charge in [0.25, 0.3) is 5.69 Å². The molecule has 0 saturated carbocycles. The second kappa shape index (κ2) is 5.64. The van der Waals surface area contributed by atoms with Crippen molar-refractivity contribution in [1.29, 1.82) is 0 Å². The molecule has 1 aliphatic carbocycles. The van der Waals surface area contributed by atoms with Crippen LogP contribution in [0, 0.1) is 23.0 Å². The zero-order valence-electron chi connectivity index (χ0n) is 13.2. The summed E-state index contributed by atoms with van der Waals surface area (Å²) < 4.78 is 0. The minimum atomic E-state index is -0.275. The van der Waals surface area contributed by atoms with Gasteiger partial charge in [-0.05, 0) is 42.5 Å². The fourth-order valence-corrected chi connectivity index (χ4v) is 4.22. The number of nitrogens with one attached hydrogen (secondary N) is 1. The van der Waals surface area contributed by atoms with Crippen molar-refractivity contribution in [2.75, 3.05) is 5.32 Å². The molecule has 2 aromatic rings. The molecule has 122 valence electrons. The first-order valence-corrected chi connectivity index (χ1v) is 8.40. The van der Waals surface area contributed by atoms with Crippen molar-refractivity contribution in [3.05, 3.63) is 80.4 Å². The molecule has 0 radical (unpaired) electrons. The lowest BCUT2D eigenvalue weighted by Crippen LogP contribution is -2.30. The second-order valence-corrected chi connectivity index (χ2v) is 6.91. The molecule has 3 atom stereocenters. The average Bonchev–Trinajstić information content (AvgIpc) is 3.04. The van der Waals surface area contributed by atoms with Crippen LogP contribution in [0.15, 0.2) is 48.6 Å². The molecule has 1 heterocycles. The molecular formula is C19H17ClN2O2. The third-order valence-corrected chi connectivity index (χ3v) is 5.34. The number of nitro benzene ring substituents is 1. The molecule has 1 unspecified atom stereocenters. The minimum absolute atomic E-state index is 0.0607. The molecule has 0 spiro atoms. The van der Waals surface area contributed by atoms with Gasteiger partial charge in [-0.3, -0.25) is 10.1 Å². The van der Waals surface area contributed by atoms with E-state index in [1.807, 2.05) is 31.2 Å². The van der Waals surface area contributed by atoms with Gasteiger partial charge in [0.05, 0.1) is 16.5 Å². The number of fused-ring (bicyclic) bond motifs is 3. The van der Waals surface area contributed by atoms with Crippen LogP contribution in [0.5, 0.6) is 0 Å².